The van der Waals surface area contributed by atoms with Crippen molar-refractivity contribution in [2.75, 3.05) is 12.5 Å². The number of anilines is 1. The number of halogens is 1. The van der Waals surface area contributed by atoms with Crippen molar-refractivity contribution in [3.63, 3.8) is 0 Å². The summed E-state index contributed by atoms with van der Waals surface area (Å²) in [6.07, 6.45) is 1.62. The van der Waals surface area contributed by atoms with E-state index in [1.165, 1.54) is 7.05 Å². The first-order valence-corrected chi connectivity index (χ1v) is 4.37. The minimum atomic E-state index is -0.318. The Morgan fingerprint density at radius 3 is 3.00 bits per heavy atom. The highest BCUT2D eigenvalue weighted by molar-refractivity contribution is 9.10. The highest BCUT2D eigenvalue weighted by Crippen LogP contribution is 2.11. The zero-order chi connectivity index (χ0) is 9.68. The molecule has 13 heavy (non-hydrogen) atoms. The first-order chi connectivity index (χ1) is 6.22. The molecule has 5 nitrogen and oxygen atoms in total. The van der Waals surface area contributed by atoms with Crippen molar-refractivity contribution >= 4 is 27.8 Å². The van der Waals surface area contributed by atoms with Gasteiger partial charge in [-0.1, -0.05) is 15.9 Å². The second-order valence-corrected chi connectivity index (χ2v) is 3.10. The summed E-state index contributed by atoms with van der Waals surface area (Å²) in [6, 6.07) is 3.22. The van der Waals surface area contributed by atoms with E-state index >= 15 is 0 Å². The van der Waals surface area contributed by atoms with Crippen LogP contribution in [0.3, 0.4) is 0 Å². The summed E-state index contributed by atoms with van der Waals surface area (Å²) in [6.45, 7) is 0. The van der Waals surface area contributed by atoms with Crippen LogP contribution in [0, 0.1) is 0 Å². The van der Waals surface area contributed by atoms with E-state index in [0.29, 0.717) is 5.82 Å². The topological polar surface area (TPSA) is 66.1 Å². The standard InChI is InChI=1S/C7H9BrN4O/c1-9-7(13)12-11-6-4-5(8)2-3-10-6/h2-4H,1H3,(H,10,11)(H2,9,12,13). The molecule has 0 radical (unpaired) electrons. The Morgan fingerprint density at radius 2 is 2.38 bits per heavy atom. The van der Waals surface area contributed by atoms with Crippen LogP contribution in [0.4, 0.5) is 10.6 Å². The molecule has 3 N–H and O–H groups in total. The van der Waals surface area contributed by atoms with Crippen LogP contribution in [0.25, 0.3) is 0 Å². The zero-order valence-electron chi connectivity index (χ0n) is 6.97. The van der Waals surface area contributed by atoms with E-state index in [1.54, 1.807) is 18.3 Å². The molecular weight excluding hydrogens is 236 g/mol. The molecule has 0 unspecified atom stereocenters. The molecule has 0 fully saturated rings. The van der Waals surface area contributed by atoms with Gasteiger partial charge >= 0.3 is 6.03 Å². The maximum atomic E-state index is 10.7. The van der Waals surface area contributed by atoms with E-state index in [2.05, 4.69) is 37.1 Å². The SMILES string of the molecule is CNC(=O)NNc1cc(Br)ccn1. The minimum Gasteiger partial charge on any atom is -0.340 e. The summed E-state index contributed by atoms with van der Waals surface area (Å²) in [5.41, 5.74) is 5.03. The second-order valence-electron chi connectivity index (χ2n) is 2.19. The molecule has 1 aromatic heterocycles. The third-order valence-corrected chi connectivity index (χ3v) is 1.75. The fraction of sp³-hybridized carbons (Fsp3) is 0.143. The maximum absolute atomic E-state index is 10.7. The molecule has 0 spiro atoms. The van der Waals surface area contributed by atoms with Crippen molar-refractivity contribution in [1.82, 2.24) is 15.7 Å². The molecule has 0 bridgehead atoms. The predicted molar refractivity (Wildman–Crippen MR) is 53.2 cm³/mol. The summed E-state index contributed by atoms with van der Waals surface area (Å²) >= 11 is 3.28. The molecule has 6 heteroatoms. The van der Waals surface area contributed by atoms with Gasteiger partial charge in [0.15, 0.2) is 0 Å². The van der Waals surface area contributed by atoms with Crippen molar-refractivity contribution < 1.29 is 4.79 Å². The molecule has 1 aromatic rings. The van der Waals surface area contributed by atoms with Crippen LogP contribution in [0.15, 0.2) is 22.8 Å². The second kappa shape index (κ2) is 4.66. The van der Waals surface area contributed by atoms with E-state index in [0.717, 1.165) is 4.47 Å². The number of urea groups is 1. The fourth-order valence-corrected chi connectivity index (χ4v) is 0.991. The lowest BCUT2D eigenvalue weighted by atomic mass is 10.5. The summed E-state index contributed by atoms with van der Waals surface area (Å²) < 4.78 is 0.892. The quantitative estimate of drug-likeness (QED) is 0.683. The molecule has 70 valence electrons. The number of amides is 2. The summed E-state index contributed by atoms with van der Waals surface area (Å²) in [5.74, 6) is 0.568. The molecule has 0 saturated carbocycles. The Kier molecular flexibility index (Phi) is 3.51. The van der Waals surface area contributed by atoms with E-state index in [-0.39, 0.29) is 6.03 Å². The Balaban J connectivity index is 2.50. The van der Waals surface area contributed by atoms with E-state index in [1.807, 2.05) is 0 Å². The molecule has 1 heterocycles. The van der Waals surface area contributed by atoms with Gasteiger partial charge in [0.1, 0.15) is 5.82 Å². The molecule has 0 aliphatic rings. The Bertz CT molecular complexity index is 304. The zero-order valence-corrected chi connectivity index (χ0v) is 8.55. The smallest absolute Gasteiger partial charge is 0.333 e. The number of aromatic nitrogens is 1. The van der Waals surface area contributed by atoms with E-state index < -0.39 is 0 Å². The molecule has 0 aliphatic carbocycles. The number of pyridine rings is 1. The van der Waals surface area contributed by atoms with Crippen LogP contribution in [-0.4, -0.2) is 18.1 Å². The molecule has 1 rings (SSSR count). The van der Waals surface area contributed by atoms with Gasteiger partial charge in [0, 0.05) is 17.7 Å². The van der Waals surface area contributed by atoms with E-state index in [9.17, 15) is 4.79 Å². The number of hydrogen-bond acceptors (Lipinski definition) is 3. The third-order valence-electron chi connectivity index (χ3n) is 1.25. The Labute approximate surface area is 84.0 Å². The summed E-state index contributed by atoms with van der Waals surface area (Å²) in [7, 11) is 1.53. The average molecular weight is 245 g/mol. The average Bonchev–Trinajstić information content (AvgIpc) is 2.14. The maximum Gasteiger partial charge on any atom is 0.333 e. The van der Waals surface area contributed by atoms with Gasteiger partial charge in [-0.25, -0.2) is 9.78 Å². The monoisotopic (exact) mass is 244 g/mol. The lowest BCUT2D eigenvalue weighted by Gasteiger charge is -2.06. The molecule has 2 amide bonds. The number of carbonyl (C=O) groups excluding carboxylic acids is 1. The third kappa shape index (κ3) is 3.29. The van der Waals surface area contributed by atoms with Crippen LogP contribution in [-0.2, 0) is 0 Å². The molecule has 0 aromatic carbocycles. The largest absolute Gasteiger partial charge is 0.340 e. The summed E-state index contributed by atoms with van der Waals surface area (Å²) in [4.78, 5) is 14.7. The van der Waals surface area contributed by atoms with E-state index in [4.69, 9.17) is 0 Å². The van der Waals surface area contributed by atoms with Crippen molar-refractivity contribution in [2.45, 2.75) is 0 Å². The number of rotatable bonds is 2. The number of hydrazine groups is 1. The molecule has 0 aliphatic heterocycles. The predicted octanol–water partition coefficient (Wildman–Crippen LogP) is 1.10. The van der Waals surface area contributed by atoms with Gasteiger partial charge in [-0.2, -0.15) is 0 Å². The van der Waals surface area contributed by atoms with Gasteiger partial charge < -0.3 is 5.32 Å². The van der Waals surface area contributed by atoms with Crippen LogP contribution >= 0.6 is 15.9 Å². The van der Waals surface area contributed by atoms with Crippen LogP contribution in [0.5, 0.6) is 0 Å². The fourth-order valence-electron chi connectivity index (χ4n) is 0.656. The molecule has 0 atom stereocenters. The number of hydrogen-bond donors (Lipinski definition) is 3. The highest BCUT2D eigenvalue weighted by Gasteiger charge is 1.96. The van der Waals surface area contributed by atoms with Gasteiger partial charge in [-0.15, -0.1) is 0 Å². The van der Waals surface area contributed by atoms with Crippen LogP contribution in [0.1, 0.15) is 0 Å². The van der Waals surface area contributed by atoms with Gasteiger partial charge in [0.05, 0.1) is 0 Å². The minimum absolute atomic E-state index is 0.318. The van der Waals surface area contributed by atoms with Crippen molar-refractivity contribution in [1.29, 1.82) is 0 Å². The lowest BCUT2D eigenvalue weighted by Crippen LogP contribution is -2.37. The van der Waals surface area contributed by atoms with Gasteiger partial charge in [-0.3, -0.25) is 10.9 Å². The van der Waals surface area contributed by atoms with Crippen molar-refractivity contribution in [2.24, 2.45) is 0 Å². The van der Waals surface area contributed by atoms with Crippen molar-refractivity contribution in [3.8, 4) is 0 Å². The number of nitrogens with one attached hydrogen (secondary N) is 3. The Morgan fingerprint density at radius 1 is 1.62 bits per heavy atom. The van der Waals surface area contributed by atoms with Crippen molar-refractivity contribution in [3.05, 3.63) is 22.8 Å². The number of carbonyl (C=O) groups is 1. The Hall–Kier alpha value is -1.30. The van der Waals surface area contributed by atoms with Gasteiger partial charge in [0.2, 0.25) is 0 Å². The summed E-state index contributed by atoms with van der Waals surface area (Å²) in [5, 5.41) is 2.40. The van der Waals surface area contributed by atoms with Crippen LogP contribution in [0.2, 0.25) is 0 Å². The van der Waals surface area contributed by atoms with Gasteiger partial charge in [0.25, 0.3) is 0 Å². The highest BCUT2D eigenvalue weighted by atomic mass is 79.9. The first kappa shape index (κ1) is 9.79. The van der Waals surface area contributed by atoms with Crippen LogP contribution < -0.4 is 16.2 Å². The van der Waals surface area contributed by atoms with Gasteiger partial charge in [-0.05, 0) is 12.1 Å². The normalized spacial score (nSPS) is 9.08. The number of nitrogens with zero attached hydrogens (tertiary/aromatic N) is 1. The molecular formula is C7H9BrN4O. The lowest BCUT2D eigenvalue weighted by molar-refractivity contribution is 0.244. The first-order valence-electron chi connectivity index (χ1n) is 3.57. The molecule has 0 saturated heterocycles.